The number of benzene rings is 1. The maximum absolute atomic E-state index is 6.20. The standard InChI is InChI=1S/C16H19ClN2O/c17-14-6-2-1-5-13(14)8-10-19-11-9-18-16(19)15-7-3-4-12-20-15/h1-2,5-6,9,11,15H,3-4,7-8,10,12H2/t15-/m1/s1. The lowest BCUT2D eigenvalue weighted by atomic mass is 10.1. The predicted octanol–water partition coefficient (Wildman–Crippen LogP) is 4.02. The molecule has 0 radical (unpaired) electrons. The van der Waals surface area contributed by atoms with Crippen molar-refractivity contribution in [2.45, 2.75) is 38.3 Å². The molecule has 1 aromatic heterocycles. The first kappa shape index (κ1) is 13.7. The van der Waals surface area contributed by atoms with Gasteiger partial charge in [-0.05, 0) is 37.3 Å². The maximum Gasteiger partial charge on any atom is 0.137 e. The Bertz CT molecular complexity index is 561. The second-order valence-corrected chi connectivity index (χ2v) is 5.58. The van der Waals surface area contributed by atoms with Crippen LogP contribution in [0.4, 0.5) is 0 Å². The van der Waals surface area contributed by atoms with Crippen molar-refractivity contribution >= 4 is 11.6 Å². The fraction of sp³-hybridized carbons (Fsp3) is 0.438. The summed E-state index contributed by atoms with van der Waals surface area (Å²) in [5.74, 6) is 1.05. The van der Waals surface area contributed by atoms with E-state index in [1.54, 1.807) is 0 Å². The van der Waals surface area contributed by atoms with Gasteiger partial charge in [-0.25, -0.2) is 4.98 Å². The molecule has 1 aromatic carbocycles. The van der Waals surface area contributed by atoms with E-state index in [0.29, 0.717) is 0 Å². The Labute approximate surface area is 124 Å². The summed E-state index contributed by atoms with van der Waals surface area (Å²) in [5, 5.41) is 0.836. The Hall–Kier alpha value is -1.32. The molecule has 1 fully saturated rings. The summed E-state index contributed by atoms with van der Waals surface area (Å²) in [4.78, 5) is 4.48. The van der Waals surface area contributed by atoms with Crippen molar-refractivity contribution in [3.05, 3.63) is 53.1 Å². The first-order valence-electron chi connectivity index (χ1n) is 7.20. The highest BCUT2D eigenvalue weighted by Gasteiger charge is 2.20. The third-order valence-corrected chi connectivity index (χ3v) is 4.16. The molecule has 1 saturated heterocycles. The van der Waals surface area contributed by atoms with Crippen LogP contribution in [0, 0.1) is 0 Å². The summed E-state index contributed by atoms with van der Waals surface area (Å²) in [6.45, 7) is 1.74. The van der Waals surface area contributed by atoms with Crippen LogP contribution in [-0.2, 0) is 17.7 Å². The second kappa shape index (κ2) is 6.42. The Balaban J connectivity index is 1.69. The van der Waals surface area contributed by atoms with E-state index < -0.39 is 0 Å². The average Bonchev–Trinajstić information content (AvgIpc) is 2.96. The van der Waals surface area contributed by atoms with Crippen molar-refractivity contribution in [2.75, 3.05) is 6.61 Å². The minimum Gasteiger partial charge on any atom is -0.370 e. The predicted molar refractivity (Wildman–Crippen MR) is 79.9 cm³/mol. The van der Waals surface area contributed by atoms with Gasteiger partial charge < -0.3 is 9.30 Å². The molecule has 106 valence electrons. The van der Waals surface area contributed by atoms with Crippen LogP contribution in [0.25, 0.3) is 0 Å². The van der Waals surface area contributed by atoms with Gasteiger partial charge in [-0.2, -0.15) is 0 Å². The van der Waals surface area contributed by atoms with Gasteiger partial charge in [0.05, 0.1) is 0 Å². The van der Waals surface area contributed by atoms with Gasteiger partial charge in [-0.15, -0.1) is 0 Å². The van der Waals surface area contributed by atoms with E-state index in [1.807, 2.05) is 30.6 Å². The van der Waals surface area contributed by atoms with Crippen LogP contribution in [0.5, 0.6) is 0 Å². The van der Waals surface area contributed by atoms with E-state index in [1.165, 1.54) is 12.0 Å². The molecule has 0 bridgehead atoms. The molecular formula is C16H19ClN2O. The molecule has 0 amide bonds. The molecule has 3 rings (SSSR count). The lowest BCUT2D eigenvalue weighted by Crippen LogP contribution is -2.17. The minimum atomic E-state index is 0.157. The van der Waals surface area contributed by atoms with E-state index in [0.717, 1.165) is 43.3 Å². The van der Waals surface area contributed by atoms with Gasteiger partial charge in [0.1, 0.15) is 11.9 Å². The van der Waals surface area contributed by atoms with Crippen molar-refractivity contribution in [1.82, 2.24) is 9.55 Å². The second-order valence-electron chi connectivity index (χ2n) is 5.18. The van der Waals surface area contributed by atoms with Gasteiger partial charge >= 0.3 is 0 Å². The number of aromatic nitrogens is 2. The topological polar surface area (TPSA) is 27.1 Å². The van der Waals surface area contributed by atoms with Gasteiger partial charge in [0.2, 0.25) is 0 Å². The lowest BCUT2D eigenvalue weighted by molar-refractivity contribution is 0.00735. The van der Waals surface area contributed by atoms with Crippen LogP contribution >= 0.6 is 11.6 Å². The third-order valence-electron chi connectivity index (χ3n) is 3.80. The van der Waals surface area contributed by atoms with Crippen LogP contribution < -0.4 is 0 Å². The SMILES string of the molecule is Clc1ccccc1CCn1ccnc1[C@H]1CCCCO1. The molecule has 2 heterocycles. The fourth-order valence-electron chi connectivity index (χ4n) is 2.68. The largest absolute Gasteiger partial charge is 0.370 e. The molecule has 4 heteroatoms. The van der Waals surface area contributed by atoms with E-state index in [2.05, 4.69) is 15.6 Å². The van der Waals surface area contributed by atoms with Crippen molar-refractivity contribution < 1.29 is 4.74 Å². The fourth-order valence-corrected chi connectivity index (χ4v) is 2.91. The molecule has 1 atom stereocenters. The van der Waals surface area contributed by atoms with Crippen molar-refractivity contribution in [3.8, 4) is 0 Å². The van der Waals surface area contributed by atoms with Crippen LogP contribution in [0.1, 0.15) is 36.8 Å². The number of imidazole rings is 1. The van der Waals surface area contributed by atoms with Crippen molar-refractivity contribution in [1.29, 1.82) is 0 Å². The number of halogens is 1. The Kier molecular flexibility index (Phi) is 4.38. The molecule has 3 nitrogen and oxygen atoms in total. The first-order chi connectivity index (χ1) is 9.84. The Morgan fingerprint density at radius 1 is 1.30 bits per heavy atom. The van der Waals surface area contributed by atoms with Gasteiger partial charge in [-0.3, -0.25) is 0 Å². The maximum atomic E-state index is 6.20. The number of hydrogen-bond acceptors (Lipinski definition) is 2. The number of ether oxygens (including phenoxy) is 1. The summed E-state index contributed by atoms with van der Waals surface area (Å²) in [5.41, 5.74) is 1.18. The summed E-state index contributed by atoms with van der Waals surface area (Å²) >= 11 is 6.20. The van der Waals surface area contributed by atoms with E-state index >= 15 is 0 Å². The lowest BCUT2D eigenvalue weighted by Gasteiger charge is -2.23. The van der Waals surface area contributed by atoms with Crippen LogP contribution in [-0.4, -0.2) is 16.2 Å². The molecule has 2 aromatic rings. The molecular weight excluding hydrogens is 272 g/mol. The first-order valence-corrected chi connectivity index (χ1v) is 7.58. The van der Waals surface area contributed by atoms with Gasteiger partial charge in [0.15, 0.2) is 0 Å². The number of aryl methyl sites for hydroxylation is 2. The third kappa shape index (κ3) is 3.05. The number of nitrogens with zero attached hydrogens (tertiary/aromatic N) is 2. The highest BCUT2D eigenvalue weighted by molar-refractivity contribution is 6.31. The normalized spacial score (nSPS) is 19.1. The molecule has 1 aliphatic heterocycles. The zero-order valence-electron chi connectivity index (χ0n) is 11.5. The molecule has 1 aliphatic rings. The monoisotopic (exact) mass is 290 g/mol. The molecule has 20 heavy (non-hydrogen) atoms. The Morgan fingerprint density at radius 2 is 2.20 bits per heavy atom. The van der Waals surface area contributed by atoms with Crippen LogP contribution in [0.2, 0.25) is 5.02 Å². The van der Waals surface area contributed by atoms with Crippen LogP contribution in [0.3, 0.4) is 0 Å². The zero-order chi connectivity index (χ0) is 13.8. The van der Waals surface area contributed by atoms with Crippen molar-refractivity contribution in [3.63, 3.8) is 0 Å². The smallest absolute Gasteiger partial charge is 0.137 e. The van der Waals surface area contributed by atoms with E-state index in [4.69, 9.17) is 16.3 Å². The molecule has 0 saturated carbocycles. The molecule has 0 N–H and O–H groups in total. The highest BCUT2D eigenvalue weighted by atomic mass is 35.5. The summed E-state index contributed by atoms with van der Waals surface area (Å²) in [6.07, 6.45) is 8.42. The number of rotatable bonds is 4. The average molecular weight is 291 g/mol. The van der Waals surface area contributed by atoms with Crippen molar-refractivity contribution in [2.24, 2.45) is 0 Å². The van der Waals surface area contributed by atoms with Gasteiger partial charge in [0, 0.05) is 30.6 Å². The summed E-state index contributed by atoms with van der Waals surface area (Å²) in [6, 6.07) is 8.01. The molecule has 0 unspecified atom stereocenters. The molecule has 0 aliphatic carbocycles. The van der Waals surface area contributed by atoms with Gasteiger partial charge in [0.25, 0.3) is 0 Å². The minimum absolute atomic E-state index is 0.157. The van der Waals surface area contributed by atoms with Gasteiger partial charge in [-0.1, -0.05) is 29.8 Å². The zero-order valence-corrected chi connectivity index (χ0v) is 12.2. The summed E-state index contributed by atoms with van der Waals surface area (Å²) in [7, 11) is 0. The quantitative estimate of drug-likeness (QED) is 0.850. The number of hydrogen-bond donors (Lipinski definition) is 0. The Morgan fingerprint density at radius 3 is 3.00 bits per heavy atom. The van der Waals surface area contributed by atoms with E-state index in [9.17, 15) is 0 Å². The highest BCUT2D eigenvalue weighted by Crippen LogP contribution is 2.27. The van der Waals surface area contributed by atoms with Crippen LogP contribution in [0.15, 0.2) is 36.7 Å². The summed E-state index contributed by atoms with van der Waals surface area (Å²) < 4.78 is 8.02. The molecule has 0 spiro atoms. The van der Waals surface area contributed by atoms with E-state index in [-0.39, 0.29) is 6.10 Å².